The van der Waals surface area contributed by atoms with Gasteiger partial charge in [-0.2, -0.15) is 0 Å². The third kappa shape index (κ3) is 4.49. The molecule has 0 aromatic carbocycles. The van der Waals surface area contributed by atoms with Crippen LogP contribution >= 0.6 is 12.2 Å². The molecule has 6 heavy (non-hydrogen) atoms. The molecule has 2 heteroatoms. The standard InChI is InChI=1S/C4H4STe/c5-3-1-2-4-6/h1-4H/b2-1+. The van der Waals surface area contributed by atoms with Crippen LogP contribution in [0.4, 0.5) is 0 Å². The van der Waals surface area contributed by atoms with E-state index in [4.69, 9.17) is 0 Å². The maximum absolute atomic E-state index is 4.49. The van der Waals surface area contributed by atoms with Crippen molar-refractivity contribution in [3.05, 3.63) is 12.2 Å². The molecule has 0 aliphatic heterocycles. The second-order valence-electron chi connectivity index (χ2n) is 0.657. The van der Waals surface area contributed by atoms with E-state index in [9.17, 15) is 0 Å². The van der Waals surface area contributed by atoms with Crippen LogP contribution < -0.4 is 0 Å². The molecule has 0 aliphatic carbocycles. The summed E-state index contributed by atoms with van der Waals surface area (Å²) in [7, 11) is 0. The van der Waals surface area contributed by atoms with Gasteiger partial charge in [0.2, 0.25) is 0 Å². The zero-order chi connectivity index (χ0) is 4.83. The normalized spacial score (nSPS) is 8.67. The van der Waals surface area contributed by atoms with Crippen LogP contribution in [0.1, 0.15) is 0 Å². The summed E-state index contributed by atoms with van der Waals surface area (Å²) >= 11 is 6.38. The van der Waals surface area contributed by atoms with Gasteiger partial charge < -0.3 is 0 Å². The van der Waals surface area contributed by atoms with E-state index in [1.165, 1.54) is 0 Å². The van der Waals surface area contributed by atoms with Gasteiger partial charge in [0, 0.05) is 0 Å². The first-order chi connectivity index (χ1) is 2.91. The van der Waals surface area contributed by atoms with Crippen LogP contribution in [0.2, 0.25) is 0 Å². The molecule has 0 unspecified atom stereocenters. The molecular weight excluding hydrogens is 208 g/mol. The zero-order valence-electron chi connectivity index (χ0n) is 3.13. The van der Waals surface area contributed by atoms with Crippen molar-refractivity contribution in [2.24, 2.45) is 0 Å². The number of thiocarbonyl (C=S) groups is 1. The summed E-state index contributed by atoms with van der Waals surface area (Å²) in [6, 6.07) is 0. The summed E-state index contributed by atoms with van der Waals surface area (Å²) in [4.78, 5) is 0. The Hall–Kier alpha value is 0.490. The Morgan fingerprint density at radius 1 is 1.33 bits per heavy atom. The Labute approximate surface area is 55.6 Å². The molecule has 0 saturated heterocycles. The summed E-state index contributed by atoms with van der Waals surface area (Å²) in [5.74, 6) is 0. The molecule has 0 aromatic rings. The molecule has 0 N–H and O–H groups in total. The van der Waals surface area contributed by atoms with Crippen molar-refractivity contribution in [2.45, 2.75) is 0 Å². The van der Waals surface area contributed by atoms with Gasteiger partial charge in [-0.05, 0) is 0 Å². The molecule has 0 amide bonds. The second kappa shape index (κ2) is 5.49. The van der Waals surface area contributed by atoms with Crippen molar-refractivity contribution >= 4 is 43.5 Å². The van der Waals surface area contributed by atoms with Crippen molar-refractivity contribution in [3.8, 4) is 0 Å². The molecule has 0 spiro atoms. The average molecular weight is 212 g/mol. The first-order valence-corrected chi connectivity index (χ1v) is 3.29. The van der Waals surface area contributed by atoms with E-state index in [1.807, 2.05) is 38.0 Å². The van der Waals surface area contributed by atoms with Crippen LogP contribution in [0.25, 0.3) is 0 Å². The first kappa shape index (κ1) is 6.49. The molecular formula is C4H4STe. The van der Waals surface area contributed by atoms with Gasteiger partial charge >= 0.3 is 55.6 Å². The molecule has 0 radical (unpaired) electrons. The maximum atomic E-state index is 4.49. The molecule has 0 heterocycles. The molecule has 0 aliphatic rings. The Bertz CT molecular complexity index is 65.6. The molecule has 0 rings (SSSR count). The third-order valence-corrected chi connectivity index (χ3v) is 0.874. The molecule has 0 atom stereocenters. The van der Waals surface area contributed by atoms with Crippen molar-refractivity contribution in [2.75, 3.05) is 0 Å². The number of hydrogen-bond acceptors (Lipinski definition) is 1. The monoisotopic (exact) mass is 214 g/mol. The predicted octanol–water partition coefficient (Wildman–Crippen LogP) is 0.513. The van der Waals surface area contributed by atoms with Crippen LogP contribution in [0, 0.1) is 0 Å². The van der Waals surface area contributed by atoms with Gasteiger partial charge in [0.25, 0.3) is 0 Å². The van der Waals surface area contributed by atoms with Crippen LogP contribution in [0.15, 0.2) is 12.2 Å². The van der Waals surface area contributed by atoms with E-state index in [2.05, 4.69) is 12.2 Å². The average Bonchev–Trinajstić information content (AvgIpc) is 1.61. The Morgan fingerprint density at radius 2 is 2.00 bits per heavy atom. The second-order valence-corrected chi connectivity index (χ2v) is 1.71. The molecule has 32 valence electrons. The Kier molecular flexibility index (Phi) is 5.94. The Balaban J connectivity index is 3.17. The fourth-order valence-electron chi connectivity index (χ4n) is 0.0907. The molecule has 0 saturated carbocycles. The molecule has 0 fully saturated rings. The van der Waals surface area contributed by atoms with Crippen molar-refractivity contribution < 1.29 is 0 Å². The molecule has 0 bridgehead atoms. The van der Waals surface area contributed by atoms with Crippen LogP contribution in [-0.4, -0.2) is 31.2 Å². The molecule has 0 aromatic heterocycles. The SMILES string of the molecule is S=C/C=C/C=[Te]. The number of hydrogen-bond donors (Lipinski definition) is 0. The van der Waals surface area contributed by atoms with Crippen LogP contribution in [0.5, 0.6) is 0 Å². The summed E-state index contributed by atoms with van der Waals surface area (Å²) in [5, 5.41) is 1.58. The summed E-state index contributed by atoms with van der Waals surface area (Å²) < 4.78 is 1.94. The zero-order valence-corrected chi connectivity index (χ0v) is 6.27. The topological polar surface area (TPSA) is 0 Å². The summed E-state index contributed by atoms with van der Waals surface area (Å²) in [6.07, 6.45) is 3.72. The van der Waals surface area contributed by atoms with E-state index >= 15 is 0 Å². The fourth-order valence-corrected chi connectivity index (χ4v) is 0.440. The van der Waals surface area contributed by atoms with Crippen molar-refractivity contribution in [1.29, 1.82) is 0 Å². The van der Waals surface area contributed by atoms with E-state index in [1.54, 1.807) is 5.37 Å². The van der Waals surface area contributed by atoms with Crippen molar-refractivity contribution in [3.63, 3.8) is 0 Å². The van der Waals surface area contributed by atoms with E-state index in [0.717, 1.165) is 0 Å². The first-order valence-electron chi connectivity index (χ1n) is 1.47. The number of rotatable bonds is 2. The van der Waals surface area contributed by atoms with E-state index < -0.39 is 0 Å². The summed E-state index contributed by atoms with van der Waals surface area (Å²) in [5.41, 5.74) is 0. The Morgan fingerprint density at radius 3 is 2.17 bits per heavy atom. The van der Waals surface area contributed by atoms with Gasteiger partial charge in [-0.15, -0.1) is 0 Å². The van der Waals surface area contributed by atoms with E-state index in [-0.39, 0.29) is 0 Å². The van der Waals surface area contributed by atoms with Crippen LogP contribution in [-0.2, 0) is 0 Å². The van der Waals surface area contributed by atoms with Gasteiger partial charge in [-0.3, -0.25) is 0 Å². The third-order valence-electron chi connectivity index (χ3n) is 0.268. The fraction of sp³-hybridized carbons (Fsp3) is 0. The number of allylic oxidation sites excluding steroid dienone is 2. The quantitative estimate of drug-likeness (QED) is 0.365. The summed E-state index contributed by atoms with van der Waals surface area (Å²) in [6.45, 7) is 0. The van der Waals surface area contributed by atoms with Gasteiger partial charge in [0.05, 0.1) is 0 Å². The van der Waals surface area contributed by atoms with Gasteiger partial charge in [0.1, 0.15) is 0 Å². The van der Waals surface area contributed by atoms with Crippen LogP contribution in [0.3, 0.4) is 0 Å². The predicted molar refractivity (Wildman–Crippen MR) is 34.6 cm³/mol. The minimum atomic E-state index is 1.58. The van der Waals surface area contributed by atoms with Gasteiger partial charge in [-0.25, -0.2) is 0 Å². The minimum absolute atomic E-state index is 1.58. The van der Waals surface area contributed by atoms with Gasteiger partial charge in [0.15, 0.2) is 0 Å². The molecule has 0 nitrogen and oxygen atoms in total. The van der Waals surface area contributed by atoms with Gasteiger partial charge in [-0.1, -0.05) is 0 Å². The van der Waals surface area contributed by atoms with Crippen molar-refractivity contribution in [1.82, 2.24) is 0 Å². The van der Waals surface area contributed by atoms with E-state index in [0.29, 0.717) is 0 Å².